The average Bonchev–Trinajstić information content (AvgIpc) is 2.84. The molecule has 146 valence electrons. The van der Waals surface area contributed by atoms with Crippen molar-refractivity contribution in [2.75, 3.05) is 18.1 Å². The number of aromatic nitrogens is 1. The van der Waals surface area contributed by atoms with Crippen LogP contribution in [0.3, 0.4) is 0 Å². The lowest BCUT2D eigenvalue weighted by molar-refractivity contribution is -0.553. The molecule has 1 aromatic heterocycles. The Hall–Kier alpha value is -1.76. The van der Waals surface area contributed by atoms with E-state index in [0.29, 0.717) is 10.9 Å². The fourth-order valence-electron chi connectivity index (χ4n) is 4.04. The number of hydrogen-bond acceptors (Lipinski definition) is 4. The van der Waals surface area contributed by atoms with Crippen LogP contribution in [0.15, 0.2) is 30.5 Å². The number of hydrogen-bond donors (Lipinski definition) is 2. The van der Waals surface area contributed by atoms with E-state index in [9.17, 15) is 4.79 Å². The highest BCUT2D eigenvalue weighted by atomic mass is 35.5. The molecule has 4 rings (SSSR count). The second kappa shape index (κ2) is 7.93. The van der Waals surface area contributed by atoms with Gasteiger partial charge in [-0.05, 0) is 54.8 Å². The van der Waals surface area contributed by atoms with E-state index in [1.165, 1.54) is 36.2 Å². The number of benzene rings is 1. The van der Waals surface area contributed by atoms with Crippen molar-refractivity contribution >= 4 is 51.7 Å². The van der Waals surface area contributed by atoms with Crippen molar-refractivity contribution in [1.82, 2.24) is 4.98 Å². The quantitative estimate of drug-likeness (QED) is 0.688. The fraction of sp³-hybridized carbons (Fsp3) is 0.350. The topological polar surface area (TPSA) is 71.0 Å². The number of carbonyl (C=O) groups is 1. The summed E-state index contributed by atoms with van der Waals surface area (Å²) in [4.78, 5) is 16.7. The summed E-state index contributed by atoms with van der Waals surface area (Å²) >= 11 is 13.7. The summed E-state index contributed by atoms with van der Waals surface area (Å²) in [5, 5.41) is 4.39. The van der Waals surface area contributed by atoms with Crippen LogP contribution in [-0.2, 0) is 6.42 Å². The minimum atomic E-state index is -0.356. The first kappa shape index (κ1) is 19.6. The van der Waals surface area contributed by atoms with Gasteiger partial charge in [-0.25, -0.2) is 4.98 Å². The largest absolute Gasteiger partial charge is 0.321 e. The minimum Gasteiger partial charge on any atom is -0.321 e. The van der Waals surface area contributed by atoms with Crippen LogP contribution >= 0.6 is 35.0 Å². The second-order valence-corrected chi connectivity index (χ2v) is 9.09. The van der Waals surface area contributed by atoms with Crippen molar-refractivity contribution < 1.29 is 9.37 Å². The molecule has 0 saturated heterocycles. The van der Waals surface area contributed by atoms with Crippen molar-refractivity contribution in [3.63, 3.8) is 0 Å². The molecule has 0 fully saturated rings. The monoisotopic (exact) mass is 435 g/mol. The number of nitrogens with two attached hydrogens (primary N) is 1. The van der Waals surface area contributed by atoms with E-state index in [1.807, 2.05) is 6.07 Å². The summed E-state index contributed by atoms with van der Waals surface area (Å²) in [6.45, 7) is 0. The van der Waals surface area contributed by atoms with Gasteiger partial charge in [-0.3, -0.25) is 15.1 Å². The number of amidine groups is 1. The first-order chi connectivity index (χ1) is 13.4. The maximum atomic E-state index is 12.6. The number of rotatable bonds is 2. The standard InChI is InChI=1S/C20H20Cl2N4OS/c1-26-18-12(10-28-20(26)23)4-2-3-11-5-6-14(8-15(11)18)25-19(27)17-16(22)7-13(21)9-24-17/h5-9,12,18,23H,2-4,10H2,1H3,(H,25,27)/p+1. The third kappa shape index (κ3) is 3.73. The van der Waals surface area contributed by atoms with Gasteiger partial charge in [0.15, 0.2) is 0 Å². The highest BCUT2D eigenvalue weighted by Crippen LogP contribution is 2.40. The molecule has 28 heavy (non-hydrogen) atoms. The molecular formula is C20H21Cl2N4OS+. The third-order valence-electron chi connectivity index (χ3n) is 5.42. The summed E-state index contributed by atoms with van der Waals surface area (Å²) in [6, 6.07) is 7.86. The third-order valence-corrected chi connectivity index (χ3v) is 7.10. The van der Waals surface area contributed by atoms with E-state index in [-0.39, 0.29) is 22.7 Å². The Labute approximate surface area is 178 Å². The van der Waals surface area contributed by atoms with Crippen LogP contribution in [0.5, 0.6) is 0 Å². The van der Waals surface area contributed by atoms with Crippen molar-refractivity contribution in [2.45, 2.75) is 25.3 Å². The van der Waals surface area contributed by atoms with Crippen LogP contribution in [0, 0.1) is 5.92 Å². The molecule has 5 nitrogen and oxygen atoms in total. The van der Waals surface area contributed by atoms with Gasteiger partial charge in [0.1, 0.15) is 11.7 Å². The Morgan fingerprint density at radius 3 is 2.96 bits per heavy atom. The Bertz CT molecular complexity index is 979. The normalized spacial score (nSPS) is 21.5. The van der Waals surface area contributed by atoms with Crippen molar-refractivity contribution in [1.29, 1.82) is 0 Å². The molecule has 0 saturated carbocycles. The maximum Gasteiger partial charge on any atom is 0.304 e. The lowest BCUT2D eigenvalue weighted by Gasteiger charge is -2.30. The molecule has 0 bridgehead atoms. The zero-order valence-corrected chi connectivity index (χ0v) is 17.7. The predicted molar refractivity (Wildman–Crippen MR) is 116 cm³/mol. The van der Waals surface area contributed by atoms with Crippen LogP contribution in [0.4, 0.5) is 5.69 Å². The number of thioether (sulfide) groups is 1. The van der Waals surface area contributed by atoms with Crippen molar-refractivity contribution in [3.8, 4) is 0 Å². The fourth-order valence-corrected chi connectivity index (χ4v) is 5.56. The number of nitrogens with zero attached hydrogens (tertiary/aromatic N) is 2. The van der Waals surface area contributed by atoms with Gasteiger partial charge in [0.2, 0.25) is 0 Å². The van der Waals surface area contributed by atoms with Gasteiger partial charge < -0.3 is 5.32 Å². The molecule has 0 radical (unpaired) electrons. The van der Waals surface area contributed by atoms with Gasteiger partial charge in [-0.2, -0.15) is 0 Å². The Morgan fingerprint density at radius 2 is 2.18 bits per heavy atom. The summed E-state index contributed by atoms with van der Waals surface area (Å²) in [7, 11) is 2.05. The minimum absolute atomic E-state index is 0.155. The van der Waals surface area contributed by atoms with Gasteiger partial charge >= 0.3 is 5.17 Å². The maximum absolute atomic E-state index is 12.6. The molecule has 8 heteroatoms. The molecule has 2 atom stereocenters. The molecule has 1 amide bonds. The average molecular weight is 436 g/mol. The van der Waals surface area contributed by atoms with Crippen LogP contribution in [-0.4, -0.2) is 33.4 Å². The molecular weight excluding hydrogens is 415 g/mol. The van der Waals surface area contributed by atoms with Gasteiger partial charge in [0.05, 0.1) is 17.1 Å². The molecule has 1 aromatic carbocycles. The summed E-state index contributed by atoms with van der Waals surface area (Å²) in [5.41, 5.74) is 9.66. The first-order valence-electron chi connectivity index (χ1n) is 9.17. The van der Waals surface area contributed by atoms with Gasteiger partial charge in [0, 0.05) is 29.1 Å². The molecule has 0 spiro atoms. The lowest BCUT2D eigenvalue weighted by atomic mass is 9.91. The van der Waals surface area contributed by atoms with Gasteiger partial charge in [-0.15, -0.1) is 0 Å². The van der Waals surface area contributed by atoms with E-state index in [0.717, 1.165) is 23.0 Å². The van der Waals surface area contributed by atoms with Crippen molar-refractivity contribution in [3.05, 3.63) is 57.3 Å². The predicted octanol–water partition coefficient (Wildman–Crippen LogP) is 4.34. The lowest BCUT2D eigenvalue weighted by Crippen LogP contribution is -2.36. The van der Waals surface area contributed by atoms with E-state index in [4.69, 9.17) is 28.9 Å². The number of amides is 1. The molecule has 1 aliphatic heterocycles. The zero-order valence-electron chi connectivity index (χ0n) is 15.4. The van der Waals surface area contributed by atoms with Gasteiger partial charge in [0.25, 0.3) is 5.91 Å². The SMILES string of the molecule is C[N+]1=C(N)SCC2CCCc3ccc(NC(=O)c4ncc(Cl)cc4Cl)cc3C21. The summed E-state index contributed by atoms with van der Waals surface area (Å²) in [6.07, 6.45) is 4.80. The molecule has 2 unspecified atom stereocenters. The highest BCUT2D eigenvalue weighted by Gasteiger charge is 2.37. The number of carbonyl (C=O) groups excluding carboxylic acids is 1. The highest BCUT2D eigenvalue weighted by molar-refractivity contribution is 8.13. The van der Waals surface area contributed by atoms with E-state index < -0.39 is 0 Å². The Balaban J connectivity index is 1.67. The molecule has 1 aliphatic carbocycles. The van der Waals surface area contributed by atoms with Gasteiger partial charge in [-0.1, -0.05) is 29.3 Å². The molecule has 3 N–H and O–H groups in total. The van der Waals surface area contributed by atoms with E-state index in [1.54, 1.807) is 11.8 Å². The first-order valence-corrected chi connectivity index (χ1v) is 10.9. The molecule has 2 heterocycles. The number of fused-ring (bicyclic) bond motifs is 3. The molecule has 2 aromatic rings. The molecule has 2 aliphatic rings. The number of pyridine rings is 1. The summed E-state index contributed by atoms with van der Waals surface area (Å²) < 4.78 is 2.17. The summed E-state index contributed by atoms with van der Waals surface area (Å²) in [5.74, 6) is 1.22. The van der Waals surface area contributed by atoms with Crippen LogP contribution < -0.4 is 11.1 Å². The van der Waals surface area contributed by atoms with Crippen molar-refractivity contribution in [2.24, 2.45) is 11.7 Å². The number of aryl methyl sites for hydroxylation is 1. The zero-order chi connectivity index (χ0) is 19.8. The van der Waals surface area contributed by atoms with Crippen LogP contribution in [0.1, 0.15) is 40.5 Å². The Kier molecular flexibility index (Phi) is 5.54. The smallest absolute Gasteiger partial charge is 0.304 e. The van der Waals surface area contributed by atoms with E-state index in [2.05, 4.69) is 34.1 Å². The number of halogens is 2. The number of anilines is 1. The number of nitrogens with one attached hydrogen (secondary N) is 1. The van der Waals surface area contributed by atoms with Crippen LogP contribution in [0.2, 0.25) is 10.0 Å². The second-order valence-electron chi connectivity index (χ2n) is 7.21. The van der Waals surface area contributed by atoms with E-state index >= 15 is 0 Å². The van der Waals surface area contributed by atoms with Crippen LogP contribution in [0.25, 0.3) is 0 Å². The Morgan fingerprint density at radius 1 is 1.36 bits per heavy atom.